The van der Waals surface area contributed by atoms with E-state index in [2.05, 4.69) is 20.4 Å². The van der Waals surface area contributed by atoms with Gasteiger partial charge in [0.15, 0.2) is 5.82 Å². The monoisotopic (exact) mass is 508 g/mol. The van der Waals surface area contributed by atoms with E-state index in [-0.39, 0.29) is 31.6 Å². The molecule has 0 spiro atoms. The Morgan fingerprint density at radius 2 is 1.81 bits per heavy atom. The minimum Gasteiger partial charge on any atom is -0.347 e. The van der Waals surface area contributed by atoms with Gasteiger partial charge in [-0.15, -0.1) is 0 Å². The number of benzene rings is 1. The van der Waals surface area contributed by atoms with Crippen molar-refractivity contribution in [3.05, 3.63) is 52.9 Å². The zero-order valence-electron chi connectivity index (χ0n) is 19.6. The predicted octanol–water partition coefficient (Wildman–Crippen LogP) is 4.64. The Hall–Kier alpha value is -3.31. The zero-order chi connectivity index (χ0) is 25.7. The molecule has 0 bridgehead atoms. The zero-order valence-corrected chi connectivity index (χ0v) is 19.6. The molecule has 5 rings (SSSR count). The largest absolute Gasteiger partial charge is 0.392 e. The van der Waals surface area contributed by atoms with E-state index < -0.39 is 29.6 Å². The summed E-state index contributed by atoms with van der Waals surface area (Å²) in [6, 6.07) is 6.90. The number of carbonyl (C=O) groups excluding carboxylic acids is 1. The molecule has 0 radical (unpaired) electrons. The summed E-state index contributed by atoms with van der Waals surface area (Å²) in [6.07, 6.45) is -2.28. The van der Waals surface area contributed by atoms with Gasteiger partial charge in [0, 0.05) is 45.0 Å². The van der Waals surface area contributed by atoms with E-state index in [1.165, 1.54) is 4.68 Å². The molecule has 3 aromatic rings. The van der Waals surface area contributed by atoms with Gasteiger partial charge in [-0.25, -0.2) is 14.6 Å². The van der Waals surface area contributed by atoms with Gasteiger partial charge in [-0.2, -0.15) is 27.1 Å². The summed E-state index contributed by atoms with van der Waals surface area (Å²) in [5.41, 5.74) is 0.748. The molecule has 7 nitrogen and oxygen atoms in total. The van der Waals surface area contributed by atoms with Crippen LogP contribution in [-0.2, 0) is 38.4 Å². The van der Waals surface area contributed by atoms with Gasteiger partial charge < -0.3 is 9.88 Å². The number of carbonyl (C=O) groups is 1. The van der Waals surface area contributed by atoms with E-state index >= 15 is 0 Å². The van der Waals surface area contributed by atoms with Crippen molar-refractivity contribution in [2.45, 2.75) is 70.8 Å². The molecule has 192 valence electrons. The van der Waals surface area contributed by atoms with Gasteiger partial charge in [0.1, 0.15) is 23.0 Å². The fourth-order valence-electron chi connectivity index (χ4n) is 4.76. The van der Waals surface area contributed by atoms with Crippen LogP contribution in [0.3, 0.4) is 0 Å². The average molecular weight is 508 g/mol. The lowest BCUT2D eigenvalue weighted by Crippen LogP contribution is -2.31. The van der Waals surface area contributed by atoms with Crippen LogP contribution in [0.25, 0.3) is 11.4 Å². The van der Waals surface area contributed by atoms with Gasteiger partial charge in [0.05, 0.1) is 5.92 Å². The third-order valence-corrected chi connectivity index (χ3v) is 6.70. The highest BCUT2D eigenvalue weighted by molar-refractivity contribution is 5.94. The second-order valence-corrected chi connectivity index (χ2v) is 9.41. The van der Waals surface area contributed by atoms with Crippen LogP contribution < -0.4 is 5.32 Å². The summed E-state index contributed by atoms with van der Waals surface area (Å²) < 4.78 is 70.6. The summed E-state index contributed by atoms with van der Waals surface area (Å²) in [7, 11) is 0. The first-order chi connectivity index (χ1) is 17.0. The van der Waals surface area contributed by atoms with Gasteiger partial charge in [0.2, 0.25) is 0 Å². The predicted molar refractivity (Wildman–Crippen MR) is 119 cm³/mol. The van der Waals surface area contributed by atoms with Crippen LogP contribution in [0.5, 0.6) is 0 Å². The minimum atomic E-state index is -4.26. The van der Waals surface area contributed by atoms with Crippen molar-refractivity contribution in [2.24, 2.45) is 5.92 Å². The van der Waals surface area contributed by atoms with E-state index in [0.29, 0.717) is 36.0 Å². The number of halogens is 5. The van der Waals surface area contributed by atoms with Crippen molar-refractivity contribution in [3.63, 3.8) is 0 Å². The Balaban J connectivity index is 1.28. The van der Waals surface area contributed by atoms with Crippen molar-refractivity contribution < 1.29 is 26.7 Å². The average Bonchev–Trinajstić information content (AvgIpc) is 3.43. The Bertz CT molecular complexity index is 1270. The summed E-state index contributed by atoms with van der Waals surface area (Å²) >= 11 is 0. The normalized spacial score (nSPS) is 18.0. The lowest BCUT2D eigenvalue weighted by molar-refractivity contribution is -0.179. The fraction of sp³-hybridized carbons (Fsp3) is 0.500. The molecule has 2 aliphatic rings. The molecule has 0 unspecified atom stereocenters. The maximum absolute atomic E-state index is 14.2. The molecule has 0 saturated heterocycles. The molecular formula is C24H25F5N6O. The Kier molecular flexibility index (Phi) is 6.08. The number of imidazole rings is 1. The first kappa shape index (κ1) is 24.4. The fourth-order valence-corrected chi connectivity index (χ4v) is 4.76. The van der Waals surface area contributed by atoms with Gasteiger partial charge in [-0.3, -0.25) is 4.79 Å². The molecule has 1 aromatic carbocycles. The first-order valence-electron chi connectivity index (χ1n) is 11.9. The smallest absolute Gasteiger partial charge is 0.347 e. The Labute approximate surface area is 203 Å². The quantitative estimate of drug-likeness (QED) is 0.510. The van der Waals surface area contributed by atoms with Crippen LogP contribution in [0.1, 0.15) is 59.6 Å². The second kappa shape index (κ2) is 8.97. The van der Waals surface area contributed by atoms with Crippen LogP contribution in [0.4, 0.5) is 22.0 Å². The third kappa shape index (κ3) is 4.72. The van der Waals surface area contributed by atoms with Crippen molar-refractivity contribution in [3.8, 4) is 11.4 Å². The highest BCUT2D eigenvalue weighted by atomic mass is 19.4. The number of fused-ring (bicyclic) bond motifs is 2. The maximum Gasteiger partial charge on any atom is 0.392 e. The Morgan fingerprint density at radius 3 is 2.50 bits per heavy atom. The second-order valence-electron chi connectivity index (χ2n) is 9.41. The topological polar surface area (TPSA) is 77.6 Å². The van der Waals surface area contributed by atoms with Crippen LogP contribution in [0, 0.1) is 5.92 Å². The summed E-state index contributed by atoms with van der Waals surface area (Å²) in [5.74, 6) is -4.12. The number of amides is 1. The van der Waals surface area contributed by atoms with Gasteiger partial charge in [-0.1, -0.05) is 24.3 Å². The van der Waals surface area contributed by atoms with E-state index in [1.807, 2.05) is 0 Å². The van der Waals surface area contributed by atoms with Gasteiger partial charge in [0.25, 0.3) is 11.8 Å². The molecule has 4 heterocycles. The number of alkyl halides is 5. The summed E-state index contributed by atoms with van der Waals surface area (Å²) in [4.78, 5) is 21.3. The van der Waals surface area contributed by atoms with Crippen LogP contribution >= 0.6 is 0 Å². The minimum absolute atomic E-state index is 0.0238. The first-order valence-corrected chi connectivity index (χ1v) is 11.9. The van der Waals surface area contributed by atoms with Crippen LogP contribution in [0.15, 0.2) is 24.3 Å². The van der Waals surface area contributed by atoms with Crippen molar-refractivity contribution >= 4 is 5.91 Å². The molecule has 0 aliphatic carbocycles. The van der Waals surface area contributed by atoms with E-state index in [4.69, 9.17) is 0 Å². The molecule has 1 N–H and O–H groups in total. The molecule has 2 aliphatic heterocycles. The number of hydrogen-bond donors (Lipinski definition) is 1. The van der Waals surface area contributed by atoms with Gasteiger partial charge in [-0.05, 0) is 24.8 Å². The molecule has 36 heavy (non-hydrogen) atoms. The third-order valence-electron chi connectivity index (χ3n) is 6.70. The molecule has 0 saturated carbocycles. The molecule has 2 aromatic heterocycles. The number of rotatable bonds is 5. The van der Waals surface area contributed by atoms with Crippen molar-refractivity contribution in [1.29, 1.82) is 0 Å². The highest BCUT2D eigenvalue weighted by Crippen LogP contribution is 2.35. The number of aryl methyl sites for hydroxylation is 2. The number of aromatic nitrogens is 5. The van der Waals surface area contributed by atoms with Crippen molar-refractivity contribution in [1.82, 2.24) is 29.6 Å². The highest BCUT2D eigenvalue weighted by Gasteiger charge is 2.42. The van der Waals surface area contributed by atoms with E-state index in [1.54, 1.807) is 28.8 Å². The van der Waals surface area contributed by atoms with Crippen LogP contribution in [-0.4, -0.2) is 36.4 Å². The Morgan fingerprint density at radius 1 is 1.06 bits per heavy atom. The summed E-state index contributed by atoms with van der Waals surface area (Å²) in [5, 5.41) is 7.04. The molecule has 12 heteroatoms. The molecule has 1 amide bonds. The number of hydrogen-bond acceptors (Lipinski definition) is 4. The maximum atomic E-state index is 14.2. The molecule has 0 fully saturated rings. The van der Waals surface area contributed by atoms with E-state index in [9.17, 15) is 26.7 Å². The SMILES string of the molecule is CC(F)(F)c1nc2n(c1C(=O)NCc1ccc(-c3nc4n(n3)CC[C@@H](C(F)(F)F)C4)cc1)CCCC2. The van der Waals surface area contributed by atoms with Crippen molar-refractivity contribution in [2.75, 3.05) is 0 Å². The van der Waals surface area contributed by atoms with Gasteiger partial charge >= 0.3 is 6.18 Å². The van der Waals surface area contributed by atoms with E-state index in [0.717, 1.165) is 25.3 Å². The standard InChI is InChI=1S/C24H25F5N6O/c1-23(25,26)20-19(34-10-3-2-4-17(34)31-20)22(36)30-13-14-5-7-15(8-6-14)21-32-18-12-16(24(27,28)29)9-11-35(18)33-21/h5-8,16H,2-4,9-13H2,1H3,(H,30,36)/t16-/m1/s1. The number of nitrogens with one attached hydrogen (secondary N) is 1. The lowest BCUT2D eigenvalue weighted by atomic mass is 9.98. The molecule has 1 atom stereocenters. The lowest BCUT2D eigenvalue weighted by Gasteiger charge is -2.24. The summed E-state index contributed by atoms with van der Waals surface area (Å²) in [6.45, 7) is 1.48. The number of nitrogens with zero attached hydrogens (tertiary/aromatic N) is 5. The molecular weight excluding hydrogens is 483 g/mol. The van der Waals surface area contributed by atoms with Crippen LogP contribution in [0.2, 0.25) is 0 Å².